The molecule has 1 aliphatic heterocycles. The fourth-order valence-corrected chi connectivity index (χ4v) is 4.87. The number of ether oxygens (including phenoxy) is 3. The van der Waals surface area contributed by atoms with Crippen LogP contribution in [-0.4, -0.2) is 41.6 Å². The minimum atomic E-state index is -0.558. The SMILES string of the molecule is CCOC(=O)C1=C(C)Nc2nc(SCc3ccccc3Cl)nn2C1c1ccc(OC)c(OC)c1. The summed E-state index contributed by atoms with van der Waals surface area (Å²) in [7, 11) is 3.15. The second kappa shape index (κ2) is 10.4. The van der Waals surface area contributed by atoms with E-state index in [0.717, 1.165) is 11.1 Å². The van der Waals surface area contributed by atoms with Gasteiger partial charge in [-0.1, -0.05) is 47.6 Å². The lowest BCUT2D eigenvalue weighted by molar-refractivity contribution is -0.139. The number of rotatable bonds is 8. The Morgan fingerprint density at radius 2 is 1.94 bits per heavy atom. The first-order chi connectivity index (χ1) is 16.5. The molecule has 4 rings (SSSR count). The van der Waals surface area contributed by atoms with E-state index in [2.05, 4.69) is 10.3 Å². The van der Waals surface area contributed by atoms with Crippen LogP contribution in [0.4, 0.5) is 5.95 Å². The summed E-state index contributed by atoms with van der Waals surface area (Å²) >= 11 is 7.77. The van der Waals surface area contributed by atoms with Crippen molar-refractivity contribution in [1.82, 2.24) is 14.8 Å². The Labute approximate surface area is 207 Å². The molecule has 0 saturated carbocycles. The van der Waals surface area contributed by atoms with Crippen molar-refractivity contribution in [2.75, 3.05) is 26.1 Å². The van der Waals surface area contributed by atoms with E-state index in [1.54, 1.807) is 31.9 Å². The first-order valence-corrected chi connectivity index (χ1v) is 12.0. The van der Waals surface area contributed by atoms with Crippen LogP contribution in [0.2, 0.25) is 5.02 Å². The number of carbonyl (C=O) groups excluding carboxylic acids is 1. The maximum absolute atomic E-state index is 13.0. The molecule has 1 aliphatic rings. The molecule has 3 aromatic rings. The Morgan fingerprint density at radius 1 is 1.18 bits per heavy atom. The number of hydrogen-bond donors (Lipinski definition) is 1. The van der Waals surface area contributed by atoms with E-state index in [1.807, 2.05) is 43.3 Å². The smallest absolute Gasteiger partial charge is 0.338 e. The summed E-state index contributed by atoms with van der Waals surface area (Å²) in [5.74, 6) is 1.87. The van der Waals surface area contributed by atoms with E-state index < -0.39 is 12.0 Å². The third kappa shape index (κ3) is 4.71. The number of carbonyl (C=O) groups is 1. The van der Waals surface area contributed by atoms with Crippen molar-refractivity contribution in [3.63, 3.8) is 0 Å². The van der Waals surface area contributed by atoms with Crippen molar-refractivity contribution < 1.29 is 19.0 Å². The van der Waals surface area contributed by atoms with Gasteiger partial charge in [0.05, 0.1) is 26.4 Å². The molecule has 1 N–H and O–H groups in total. The van der Waals surface area contributed by atoms with Crippen LogP contribution in [0.3, 0.4) is 0 Å². The molecule has 8 nitrogen and oxygen atoms in total. The average Bonchev–Trinajstić information content (AvgIpc) is 3.24. The zero-order valence-electron chi connectivity index (χ0n) is 19.3. The molecular weight excluding hydrogens is 476 g/mol. The summed E-state index contributed by atoms with van der Waals surface area (Å²) in [4.78, 5) is 17.6. The molecule has 0 amide bonds. The summed E-state index contributed by atoms with van der Waals surface area (Å²) in [5, 5.41) is 9.19. The monoisotopic (exact) mass is 500 g/mol. The second-order valence-electron chi connectivity index (χ2n) is 7.44. The highest BCUT2D eigenvalue weighted by Gasteiger charge is 2.35. The summed E-state index contributed by atoms with van der Waals surface area (Å²) in [5.41, 5.74) is 2.89. The van der Waals surface area contributed by atoms with Crippen LogP contribution in [-0.2, 0) is 15.3 Å². The number of fused-ring (bicyclic) bond motifs is 1. The fraction of sp³-hybridized carbons (Fsp3) is 0.292. The lowest BCUT2D eigenvalue weighted by Crippen LogP contribution is -2.29. The lowest BCUT2D eigenvalue weighted by Gasteiger charge is -2.28. The Balaban J connectivity index is 1.74. The molecule has 0 saturated heterocycles. The highest BCUT2D eigenvalue weighted by Crippen LogP contribution is 2.40. The van der Waals surface area contributed by atoms with Crippen LogP contribution >= 0.6 is 23.4 Å². The van der Waals surface area contributed by atoms with Gasteiger partial charge >= 0.3 is 5.97 Å². The third-order valence-electron chi connectivity index (χ3n) is 5.37. The van der Waals surface area contributed by atoms with Gasteiger partial charge in [-0.15, -0.1) is 5.10 Å². The van der Waals surface area contributed by atoms with Crippen LogP contribution < -0.4 is 14.8 Å². The number of esters is 1. The number of nitrogens with one attached hydrogen (secondary N) is 1. The Hall–Kier alpha value is -3.17. The maximum atomic E-state index is 13.0. The summed E-state index contributed by atoms with van der Waals surface area (Å²) < 4.78 is 17.9. The van der Waals surface area contributed by atoms with Crippen LogP contribution in [0.5, 0.6) is 11.5 Å². The molecule has 34 heavy (non-hydrogen) atoms. The summed E-state index contributed by atoms with van der Waals surface area (Å²) in [6, 6.07) is 12.6. The Morgan fingerprint density at radius 3 is 2.65 bits per heavy atom. The van der Waals surface area contributed by atoms with Crippen LogP contribution in [0.15, 0.2) is 58.9 Å². The molecule has 0 bridgehead atoms. The lowest BCUT2D eigenvalue weighted by atomic mass is 9.95. The maximum Gasteiger partial charge on any atom is 0.338 e. The predicted octanol–water partition coefficient (Wildman–Crippen LogP) is 5.09. The number of allylic oxidation sites excluding steroid dienone is 1. The van der Waals surface area contributed by atoms with E-state index in [-0.39, 0.29) is 6.61 Å². The standard InChI is InChI=1S/C24H25ClN4O4S/c1-5-33-22(30)20-14(2)26-23-27-24(34-13-16-8-6-7-9-17(16)25)28-29(23)21(20)15-10-11-18(31-3)19(12-15)32-4/h6-12,21H,5,13H2,1-4H3,(H,26,27,28). The van der Waals surface area contributed by atoms with Gasteiger partial charge in [-0.3, -0.25) is 0 Å². The number of thioether (sulfide) groups is 1. The third-order valence-corrected chi connectivity index (χ3v) is 6.62. The number of hydrogen-bond acceptors (Lipinski definition) is 8. The molecule has 0 radical (unpaired) electrons. The Bertz CT molecular complexity index is 1240. The van der Waals surface area contributed by atoms with Crippen molar-refractivity contribution >= 4 is 35.3 Å². The van der Waals surface area contributed by atoms with E-state index in [9.17, 15) is 4.79 Å². The number of nitrogens with zero attached hydrogens (tertiary/aromatic N) is 3. The first kappa shape index (κ1) is 24.0. The number of benzene rings is 2. The van der Waals surface area contributed by atoms with Gasteiger partial charge in [0.25, 0.3) is 0 Å². The molecule has 1 aromatic heterocycles. The minimum Gasteiger partial charge on any atom is -0.493 e. The fourth-order valence-electron chi connectivity index (χ4n) is 3.75. The van der Waals surface area contributed by atoms with Crippen molar-refractivity contribution in [1.29, 1.82) is 0 Å². The molecule has 178 valence electrons. The molecule has 0 aliphatic carbocycles. The van der Waals surface area contributed by atoms with Crippen molar-refractivity contribution in [3.05, 3.63) is 69.9 Å². The topological polar surface area (TPSA) is 87.5 Å². The zero-order valence-corrected chi connectivity index (χ0v) is 20.9. The van der Waals surface area contributed by atoms with Crippen molar-refractivity contribution in [2.45, 2.75) is 30.8 Å². The van der Waals surface area contributed by atoms with Gasteiger partial charge in [0.1, 0.15) is 6.04 Å². The largest absolute Gasteiger partial charge is 0.493 e. The van der Waals surface area contributed by atoms with Gasteiger partial charge in [-0.05, 0) is 43.2 Å². The van der Waals surface area contributed by atoms with Crippen LogP contribution in [0.1, 0.15) is 31.0 Å². The van der Waals surface area contributed by atoms with E-state index in [1.165, 1.54) is 11.8 Å². The van der Waals surface area contributed by atoms with Crippen LogP contribution in [0, 0.1) is 0 Å². The average molecular weight is 501 g/mol. The molecule has 1 unspecified atom stereocenters. The van der Waals surface area contributed by atoms with Gasteiger partial charge in [0.15, 0.2) is 11.5 Å². The van der Waals surface area contributed by atoms with E-state index >= 15 is 0 Å². The minimum absolute atomic E-state index is 0.261. The zero-order chi connectivity index (χ0) is 24.2. The molecule has 0 spiro atoms. The second-order valence-corrected chi connectivity index (χ2v) is 8.79. The number of halogens is 1. The van der Waals surface area contributed by atoms with E-state index in [0.29, 0.717) is 44.6 Å². The van der Waals surface area contributed by atoms with Gasteiger partial charge in [0, 0.05) is 16.5 Å². The van der Waals surface area contributed by atoms with E-state index in [4.69, 9.17) is 30.9 Å². The van der Waals surface area contributed by atoms with Gasteiger partial charge < -0.3 is 19.5 Å². The first-order valence-electron chi connectivity index (χ1n) is 10.7. The number of aromatic nitrogens is 3. The molecule has 10 heteroatoms. The number of methoxy groups -OCH3 is 2. The molecule has 1 atom stereocenters. The van der Waals surface area contributed by atoms with Crippen molar-refractivity contribution in [2.24, 2.45) is 0 Å². The number of anilines is 1. The molecular formula is C24H25ClN4O4S. The summed E-state index contributed by atoms with van der Waals surface area (Å²) in [6.45, 7) is 3.87. The quantitative estimate of drug-likeness (QED) is 0.338. The summed E-state index contributed by atoms with van der Waals surface area (Å²) in [6.07, 6.45) is 0. The molecule has 2 aromatic carbocycles. The van der Waals surface area contributed by atoms with Gasteiger partial charge in [0.2, 0.25) is 11.1 Å². The van der Waals surface area contributed by atoms with Crippen molar-refractivity contribution in [3.8, 4) is 11.5 Å². The van der Waals surface area contributed by atoms with Crippen LogP contribution in [0.25, 0.3) is 0 Å². The van der Waals surface area contributed by atoms with Gasteiger partial charge in [-0.25, -0.2) is 9.48 Å². The molecule has 0 fully saturated rings. The highest BCUT2D eigenvalue weighted by atomic mass is 35.5. The normalized spacial score (nSPS) is 14.9. The van der Waals surface area contributed by atoms with Gasteiger partial charge in [-0.2, -0.15) is 4.98 Å². The Kier molecular flexibility index (Phi) is 7.33. The predicted molar refractivity (Wildman–Crippen MR) is 132 cm³/mol. The molecule has 2 heterocycles. The highest BCUT2D eigenvalue weighted by molar-refractivity contribution is 7.98.